The van der Waals surface area contributed by atoms with Crippen LogP contribution in [0.2, 0.25) is 0 Å². The van der Waals surface area contributed by atoms with E-state index in [0.29, 0.717) is 45.0 Å². The zero-order chi connectivity index (χ0) is 20.0. The van der Waals surface area contributed by atoms with Crippen LogP contribution in [0.15, 0.2) is 34.8 Å². The van der Waals surface area contributed by atoms with Gasteiger partial charge in [-0.1, -0.05) is 0 Å². The van der Waals surface area contributed by atoms with E-state index in [9.17, 15) is 9.59 Å². The molecule has 0 spiro atoms. The Balaban J connectivity index is 2.09. The van der Waals surface area contributed by atoms with E-state index < -0.39 is 5.91 Å². The SMILES string of the molecule is CCOc1cc(C#N)cc(Br)c1OCC(=O)Nc1ccc(C(N)=O)c(C)c1. The van der Waals surface area contributed by atoms with Crippen molar-refractivity contribution < 1.29 is 19.1 Å². The molecule has 2 aromatic carbocycles. The van der Waals surface area contributed by atoms with Gasteiger partial charge in [0.25, 0.3) is 5.91 Å². The zero-order valence-corrected chi connectivity index (χ0v) is 16.4. The topological polar surface area (TPSA) is 114 Å². The summed E-state index contributed by atoms with van der Waals surface area (Å²) in [5.74, 6) is -0.202. The molecule has 0 aromatic heterocycles. The Labute approximate surface area is 165 Å². The highest BCUT2D eigenvalue weighted by atomic mass is 79.9. The first-order valence-electron chi connectivity index (χ1n) is 8.05. The third kappa shape index (κ3) is 5.21. The van der Waals surface area contributed by atoms with Crippen LogP contribution in [0.3, 0.4) is 0 Å². The smallest absolute Gasteiger partial charge is 0.262 e. The van der Waals surface area contributed by atoms with Crippen molar-refractivity contribution in [2.75, 3.05) is 18.5 Å². The van der Waals surface area contributed by atoms with Crippen LogP contribution in [0.1, 0.15) is 28.4 Å². The standard InChI is InChI=1S/C19H18BrN3O4/c1-3-26-16-8-12(9-21)7-15(20)18(16)27-10-17(24)23-13-4-5-14(19(22)25)11(2)6-13/h4-8H,3,10H2,1-2H3,(H2,22,25)(H,23,24). The van der Waals surface area contributed by atoms with E-state index in [0.717, 1.165) is 0 Å². The Morgan fingerprint density at radius 1 is 1.26 bits per heavy atom. The molecule has 0 bridgehead atoms. The molecular weight excluding hydrogens is 414 g/mol. The molecule has 0 radical (unpaired) electrons. The number of carbonyl (C=O) groups is 2. The van der Waals surface area contributed by atoms with Crippen molar-refractivity contribution in [2.24, 2.45) is 5.73 Å². The number of aryl methyl sites for hydroxylation is 1. The number of nitrogens with two attached hydrogens (primary N) is 1. The van der Waals surface area contributed by atoms with Crippen LogP contribution in [0, 0.1) is 18.3 Å². The molecule has 27 heavy (non-hydrogen) atoms. The Morgan fingerprint density at radius 3 is 2.59 bits per heavy atom. The van der Waals surface area contributed by atoms with Crippen LogP contribution in [-0.2, 0) is 4.79 Å². The van der Waals surface area contributed by atoms with Crippen LogP contribution in [0.5, 0.6) is 11.5 Å². The van der Waals surface area contributed by atoms with E-state index in [4.69, 9.17) is 20.5 Å². The van der Waals surface area contributed by atoms with Gasteiger partial charge in [-0.2, -0.15) is 5.26 Å². The molecule has 0 saturated heterocycles. The quantitative estimate of drug-likeness (QED) is 0.698. The molecule has 0 aliphatic carbocycles. The molecule has 8 heteroatoms. The van der Waals surface area contributed by atoms with Crippen LogP contribution < -0.4 is 20.5 Å². The van der Waals surface area contributed by atoms with Gasteiger partial charge in [0.1, 0.15) is 0 Å². The molecule has 0 aliphatic rings. The summed E-state index contributed by atoms with van der Waals surface area (Å²) in [7, 11) is 0. The molecule has 140 valence electrons. The fourth-order valence-electron chi connectivity index (χ4n) is 2.39. The average Bonchev–Trinajstić information content (AvgIpc) is 2.60. The number of anilines is 1. The minimum absolute atomic E-state index is 0.263. The van der Waals surface area contributed by atoms with E-state index in [1.54, 1.807) is 37.3 Å². The van der Waals surface area contributed by atoms with Crippen molar-refractivity contribution in [3.8, 4) is 17.6 Å². The molecule has 0 unspecified atom stereocenters. The molecule has 2 rings (SSSR count). The van der Waals surface area contributed by atoms with Gasteiger partial charge in [0.05, 0.1) is 22.7 Å². The van der Waals surface area contributed by atoms with E-state index in [-0.39, 0.29) is 12.5 Å². The predicted octanol–water partition coefficient (Wildman–Crippen LogP) is 3.14. The van der Waals surface area contributed by atoms with Crippen molar-refractivity contribution in [1.29, 1.82) is 5.26 Å². The van der Waals surface area contributed by atoms with Gasteiger partial charge >= 0.3 is 0 Å². The first-order valence-corrected chi connectivity index (χ1v) is 8.84. The predicted molar refractivity (Wildman–Crippen MR) is 104 cm³/mol. The summed E-state index contributed by atoms with van der Waals surface area (Å²) in [6.45, 7) is 3.66. The lowest BCUT2D eigenvalue weighted by Crippen LogP contribution is -2.21. The fraction of sp³-hybridized carbons (Fsp3) is 0.211. The highest BCUT2D eigenvalue weighted by molar-refractivity contribution is 9.10. The Kier molecular flexibility index (Phi) is 6.79. The molecule has 7 nitrogen and oxygen atoms in total. The second-order valence-corrected chi connectivity index (χ2v) is 6.42. The third-order valence-corrected chi connectivity index (χ3v) is 4.15. The summed E-state index contributed by atoms with van der Waals surface area (Å²) in [5, 5.41) is 11.7. The van der Waals surface area contributed by atoms with Gasteiger partial charge in [-0.3, -0.25) is 9.59 Å². The number of carbonyl (C=O) groups excluding carboxylic acids is 2. The Bertz CT molecular complexity index is 922. The monoisotopic (exact) mass is 431 g/mol. The van der Waals surface area contributed by atoms with Gasteiger partial charge < -0.3 is 20.5 Å². The van der Waals surface area contributed by atoms with Crippen LogP contribution in [0.25, 0.3) is 0 Å². The van der Waals surface area contributed by atoms with Crippen molar-refractivity contribution >= 4 is 33.4 Å². The summed E-state index contributed by atoms with van der Waals surface area (Å²) >= 11 is 3.33. The highest BCUT2D eigenvalue weighted by Gasteiger charge is 2.14. The highest BCUT2D eigenvalue weighted by Crippen LogP contribution is 2.36. The van der Waals surface area contributed by atoms with Gasteiger partial charge in [0, 0.05) is 17.3 Å². The number of halogens is 1. The summed E-state index contributed by atoms with van der Waals surface area (Å²) in [6.07, 6.45) is 0. The Morgan fingerprint density at radius 2 is 2.00 bits per heavy atom. The van der Waals surface area contributed by atoms with Crippen LogP contribution >= 0.6 is 15.9 Å². The summed E-state index contributed by atoms with van der Waals surface area (Å²) < 4.78 is 11.6. The summed E-state index contributed by atoms with van der Waals surface area (Å²) in [4.78, 5) is 23.4. The maximum absolute atomic E-state index is 12.2. The first-order chi connectivity index (χ1) is 12.8. The molecule has 2 amide bonds. The minimum atomic E-state index is -0.525. The van der Waals surface area contributed by atoms with Crippen LogP contribution in [-0.4, -0.2) is 25.0 Å². The number of nitriles is 1. The molecule has 0 aliphatic heterocycles. The summed E-state index contributed by atoms with van der Waals surface area (Å²) in [5.41, 5.74) is 7.26. The van der Waals surface area contributed by atoms with Gasteiger partial charge in [-0.05, 0) is 59.6 Å². The van der Waals surface area contributed by atoms with E-state index in [1.807, 2.05) is 13.0 Å². The van der Waals surface area contributed by atoms with Crippen molar-refractivity contribution in [3.63, 3.8) is 0 Å². The maximum atomic E-state index is 12.2. The number of ether oxygens (including phenoxy) is 2. The van der Waals surface area contributed by atoms with Gasteiger partial charge in [0.2, 0.25) is 5.91 Å². The molecule has 0 fully saturated rings. The molecule has 0 heterocycles. The number of primary amides is 1. The fourth-order valence-corrected chi connectivity index (χ4v) is 2.94. The number of amides is 2. The number of hydrogen-bond donors (Lipinski definition) is 2. The molecular formula is C19H18BrN3O4. The Hall–Kier alpha value is -3.05. The second kappa shape index (κ2) is 9.05. The largest absolute Gasteiger partial charge is 0.490 e. The van der Waals surface area contributed by atoms with Gasteiger partial charge in [-0.25, -0.2) is 0 Å². The minimum Gasteiger partial charge on any atom is -0.490 e. The van der Waals surface area contributed by atoms with E-state index in [1.165, 1.54) is 0 Å². The van der Waals surface area contributed by atoms with Gasteiger partial charge in [0.15, 0.2) is 18.1 Å². The van der Waals surface area contributed by atoms with Crippen molar-refractivity contribution in [2.45, 2.75) is 13.8 Å². The molecule has 0 saturated carbocycles. The first kappa shape index (κ1) is 20.3. The number of hydrogen-bond acceptors (Lipinski definition) is 5. The zero-order valence-electron chi connectivity index (χ0n) is 14.8. The number of rotatable bonds is 7. The summed E-state index contributed by atoms with van der Waals surface area (Å²) in [6, 6.07) is 9.96. The molecule has 0 atom stereocenters. The molecule has 2 aromatic rings. The second-order valence-electron chi connectivity index (χ2n) is 5.56. The average molecular weight is 432 g/mol. The molecule has 3 N–H and O–H groups in total. The van der Waals surface area contributed by atoms with E-state index >= 15 is 0 Å². The van der Waals surface area contributed by atoms with Crippen molar-refractivity contribution in [1.82, 2.24) is 0 Å². The van der Waals surface area contributed by atoms with Gasteiger partial charge in [-0.15, -0.1) is 0 Å². The maximum Gasteiger partial charge on any atom is 0.262 e. The lowest BCUT2D eigenvalue weighted by atomic mass is 10.1. The number of nitrogens with one attached hydrogen (secondary N) is 1. The van der Waals surface area contributed by atoms with E-state index in [2.05, 4.69) is 21.2 Å². The van der Waals surface area contributed by atoms with Crippen LogP contribution in [0.4, 0.5) is 5.69 Å². The lowest BCUT2D eigenvalue weighted by molar-refractivity contribution is -0.118. The third-order valence-electron chi connectivity index (χ3n) is 3.56. The number of nitrogens with zero attached hydrogens (tertiary/aromatic N) is 1. The number of benzene rings is 2. The lowest BCUT2D eigenvalue weighted by Gasteiger charge is -2.14. The normalized spacial score (nSPS) is 10.0. The van der Waals surface area contributed by atoms with Crippen molar-refractivity contribution in [3.05, 3.63) is 51.5 Å².